The maximum Gasteiger partial charge on any atom is 0.0828 e. The molecule has 0 saturated carbocycles. The molecule has 0 radical (unpaired) electrons. The predicted molar refractivity (Wildman–Crippen MR) is 76.2 cm³/mol. The second-order valence-electron chi connectivity index (χ2n) is 5.81. The zero-order valence-electron chi connectivity index (χ0n) is 12.3. The number of aryl methyl sites for hydroxylation is 1. The van der Waals surface area contributed by atoms with Crippen molar-refractivity contribution in [1.82, 2.24) is 14.7 Å². The van der Waals surface area contributed by atoms with Gasteiger partial charge in [-0.25, -0.2) is 0 Å². The van der Waals surface area contributed by atoms with Gasteiger partial charge in [0.1, 0.15) is 0 Å². The van der Waals surface area contributed by atoms with Gasteiger partial charge in [-0.2, -0.15) is 5.10 Å². The lowest BCUT2D eigenvalue weighted by Crippen LogP contribution is -2.36. The summed E-state index contributed by atoms with van der Waals surface area (Å²) in [6.45, 7) is 11.0. The van der Waals surface area contributed by atoms with E-state index in [-0.39, 0.29) is 0 Å². The molecule has 1 aromatic rings. The molecule has 1 saturated heterocycles. The Morgan fingerprint density at radius 2 is 1.83 bits per heavy atom. The standard InChI is InChI=1S/C14H26N4/c1-10(2)18-12(4)14(11(3)16-18)15-13-6-8-17(5)9-7-13/h10,13,15H,6-9H2,1-5H3. The second-order valence-corrected chi connectivity index (χ2v) is 5.81. The number of nitrogens with one attached hydrogen (secondary N) is 1. The predicted octanol–water partition coefficient (Wildman–Crippen LogP) is 2.59. The molecule has 1 fully saturated rings. The van der Waals surface area contributed by atoms with E-state index in [0.29, 0.717) is 12.1 Å². The molecular formula is C14H26N4. The number of hydrogen-bond donors (Lipinski definition) is 1. The first kappa shape index (κ1) is 13.4. The van der Waals surface area contributed by atoms with Crippen LogP contribution < -0.4 is 5.32 Å². The number of anilines is 1. The van der Waals surface area contributed by atoms with Crippen molar-refractivity contribution in [3.8, 4) is 0 Å². The minimum atomic E-state index is 0.428. The molecule has 4 heteroatoms. The monoisotopic (exact) mass is 250 g/mol. The van der Waals surface area contributed by atoms with Crippen LogP contribution in [0, 0.1) is 13.8 Å². The van der Waals surface area contributed by atoms with Gasteiger partial charge in [0.2, 0.25) is 0 Å². The summed E-state index contributed by atoms with van der Waals surface area (Å²) in [5.74, 6) is 0. The third-order valence-electron chi connectivity index (χ3n) is 3.88. The summed E-state index contributed by atoms with van der Waals surface area (Å²) >= 11 is 0. The van der Waals surface area contributed by atoms with Crippen LogP contribution in [0.5, 0.6) is 0 Å². The van der Waals surface area contributed by atoms with Gasteiger partial charge in [-0.05, 0) is 60.7 Å². The molecule has 2 heterocycles. The maximum atomic E-state index is 4.63. The molecule has 0 bridgehead atoms. The van der Waals surface area contributed by atoms with Crippen LogP contribution in [0.3, 0.4) is 0 Å². The van der Waals surface area contributed by atoms with E-state index in [1.807, 2.05) is 0 Å². The van der Waals surface area contributed by atoms with Gasteiger partial charge in [-0.3, -0.25) is 4.68 Å². The number of aromatic nitrogens is 2. The van der Waals surface area contributed by atoms with Gasteiger partial charge in [0.05, 0.1) is 17.1 Å². The molecule has 0 aliphatic carbocycles. The lowest BCUT2D eigenvalue weighted by Gasteiger charge is -2.30. The van der Waals surface area contributed by atoms with Crippen LogP contribution in [0.4, 0.5) is 5.69 Å². The average Bonchev–Trinajstić information content (AvgIpc) is 2.60. The summed E-state index contributed by atoms with van der Waals surface area (Å²) in [6, 6.07) is 1.03. The Hall–Kier alpha value is -1.03. The summed E-state index contributed by atoms with van der Waals surface area (Å²) in [5.41, 5.74) is 3.64. The molecule has 102 valence electrons. The lowest BCUT2D eigenvalue weighted by molar-refractivity contribution is 0.264. The maximum absolute atomic E-state index is 4.63. The SMILES string of the molecule is Cc1nn(C(C)C)c(C)c1NC1CCN(C)CC1. The first-order chi connectivity index (χ1) is 8.49. The van der Waals surface area contributed by atoms with E-state index in [1.165, 1.54) is 37.3 Å². The quantitative estimate of drug-likeness (QED) is 0.895. The smallest absolute Gasteiger partial charge is 0.0828 e. The normalized spacial score (nSPS) is 18.6. The van der Waals surface area contributed by atoms with Crippen LogP contribution in [-0.2, 0) is 0 Å². The van der Waals surface area contributed by atoms with E-state index in [0.717, 1.165) is 5.69 Å². The molecule has 4 nitrogen and oxygen atoms in total. The fourth-order valence-electron chi connectivity index (χ4n) is 2.73. The fourth-order valence-corrected chi connectivity index (χ4v) is 2.73. The third kappa shape index (κ3) is 2.69. The van der Waals surface area contributed by atoms with Crippen LogP contribution in [0.2, 0.25) is 0 Å². The highest BCUT2D eigenvalue weighted by Crippen LogP contribution is 2.25. The zero-order valence-corrected chi connectivity index (χ0v) is 12.3. The lowest BCUT2D eigenvalue weighted by atomic mass is 10.1. The van der Waals surface area contributed by atoms with E-state index < -0.39 is 0 Å². The summed E-state index contributed by atoms with van der Waals surface area (Å²) in [4.78, 5) is 2.40. The van der Waals surface area contributed by atoms with Gasteiger partial charge in [0.15, 0.2) is 0 Å². The van der Waals surface area contributed by atoms with Crippen molar-refractivity contribution in [2.24, 2.45) is 0 Å². The van der Waals surface area contributed by atoms with E-state index in [1.54, 1.807) is 0 Å². The summed E-state index contributed by atoms with van der Waals surface area (Å²) < 4.78 is 2.12. The van der Waals surface area contributed by atoms with E-state index in [2.05, 4.69) is 54.7 Å². The number of hydrogen-bond acceptors (Lipinski definition) is 3. The molecule has 1 aliphatic heterocycles. The fraction of sp³-hybridized carbons (Fsp3) is 0.786. The van der Waals surface area contributed by atoms with E-state index in [9.17, 15) is 0 Å². The van der Waals surface area contributed by atoms with Crippen LogP contribution in [0.25, 0.3) is 0 Å². The van der Waals surface area contributed by atoms with Crippen LogP contribution in [-0.4, -0.2) is 40.9 Å². The minimum Gasteiger partial charge on any atom is -0.379 e. The molecule has 18 heavy (non-hydrogen) atoms. The highest BCUT2D eigenvalue weighted by molar-refractivity contribution is 5.53. The van der Waals surface area contributed by atoms with Crippen molar-refractivity contribution in [2.45, 2.75) is 52.6 Å². The van der Waals surface area contributed by atoms with Crippen molar-refractivity contribution in [2.75, 3.05) is 25.5 Å². The number of likely N-dealkylation sites (tertiary alicyclic amines) is 1. The van der Waals surface area contributed by atoms with Crippen molar-refractivity contribution in [1.29, 1.82) is 0 Å². The van der Waals surface area contributed by atoms with Gasteiger partial charge in [0, 0.05) is 12.1 Å². The van der Waals surface area contributed by atoms with Crippen LogP contribution in [0.1, 0.15) is 44.1 Å². The molecule has 0 aromatic carbocycles. The Balaban J connectivity index is 2.09. The Bertz CT molecular complexity index is 400. The number of rotatable bonds is 3. The average molecular weight is 250 g/mol. The molecule has 0 amide bonds. The molecule has 1 N–H and O–H groups in total. The summed E-state index contributed by atoms with van der Waals surface area (Å²) in [7, 11) is 2.20. The topological polar surface area (TPSA) is 33.1 Å². The highest BCUT2D eigenvalue weighted by Gasteiger charge is 2.20. The largest absolute Gasteiger partial charge is 0.379 e. The molecule has 0 spiro atoms. The molecule has 0 unspecified atom stereocenters. The van der Waals surface area contributed by atoms with Gasteiger partial charge >= 0.3 is 0 Å². The minimum absolute atomic E-state index is 0.428. The molecular weight excluding hydrogens is 224 g/mol. The van der Waals surface area contributed by atoms with Crippen LogP contribution in [0.15, 0.2) is 0 Å². The van der Waals surface area contributed by atoms with Gasteiger partial charge < -0.3 is 10.2 Å². The zero-order chi connectivity index (χ0) is 13.3. The Labute approximate surface area is 110 Å². The summed E-state index contributed by atoms with van der Waals surface area (Å²) in [5, 5.41) is 8.34. The van der Waals surface area contributed by atoms with Crippen molar-refractivity contribution in [3.05, 3.63) is 11.4 Å². The van der Waals surface area contributed by atoms with E-state index >= 15 is 0 Å². The number of piperidine rings is 1. The van der Waals surface area contributed by atoms with Gasteiger partial charge in [-0.1, -0.05) is 0 Å². The molecule has 0 atom stereocenters. The van der Waals surface area contributed by atoms with Gasteiger partial charge in [-0.15, -0.1) is 0 Å². The van der Waals surface area contributed by atoms with Crippen LogP contribution >= 0.6 is 0 Å². The second kappa shape index (κ2) is 5.31. The van der Waals surface area contributed by atoms with Crippen molar-refractivity contribution in [3.63, 3.8) is 0 Å². The van der Waals surface area contributed by atoms with Crippen molar-refractivity contribution < 1.29 is 0 Å². The van der Waals surface area contributed by atoms with Gasteiger partial charge in [0.25, 0.3) is 0 Å². The Morgan fingerprint density at radius 1 is 1.22 bits per heavy atom. The molecule has 1 aliphatic rings. The first-order valence-corrected chi connectivity index (χ1v) is 6.99. The highest BCUT2D eigenvalue weighted by atomic mass is 15.3. The molecule has 2 rings (SSSR count). The third-order valence-corrected chi connectivity index (χ3v) is 3.88. The summed E-state index contributed by atoms with van der Waals surface area (Å²) in [6.07, 6.45) is 2.45. The van der Waals surface area contributed by atoms with E-state index in [4.69, 9.17) is 0 Å². The molecule has 1 aromatic heterocycles. The first-order valence-electron chi connectivity index (χ1n) is 6.99. The Morgan fingerprint density at radius 3 is 2.33 bits per heavy atom. The number of nitrogens with zero attached hydrogens (tertiary/aromatic N) is 3. The van der Waals surface area contributed by atoms with Crippen molar-refractivity contribution >= 4 is 5.69 Å². The Kier molecular flexibility index (Phi) is 3.95.